The van der Waals surface area contributed by atoms with E-state index < -0.39 is 21.8 Å². The summed E-state index contributed by atoms with van der Waals surface area (Å²) in [6.07, 6.45) is 11.1. The average Bonchev–Trinajstić information content (AvgIpc) is 2.34. The number of hydrogen-bond donors (Lipinski definition) is 1. The Morgan fingerprint density at radius 3 is 1.81 bits per heavy atom. The minimum atomic E-state index is -4.04. The van der Waals surface area contributed by atoms with E-state index in [1.807, 2.05) is 0 Å². The van der Waals surface area contributed by atoms with Crippen LogP contribution in [0.1, 0.15) is 78.1 Å². The van der Waals surface area contributed by atoms with Crippen LogP contribution in [-0.2, 0) is 14.9 Å². The van der Waals surface area contributed by atoms with E-state index in [1.54, 1.807) is 6.92 Å². The second-order valence-electron chi connectivity index (χ2n) is 5.69. The molecule has 0 bridgehead atoms. The van der Waals surface area contributed by atoms with Gasteiger partial charge in [-0.2, -0.15) is 8.42 Å². The van der Waals surface area contributed by atoms with Crippen molar-refractivity contribution in [3.05, 3.63) is 0 Å². The number of carbonyl (C=O) groups excluding carboxylic acids is 1. The predicted octanol–water partition coefficient (Wildman–Crippen LogP) is 3.35. The van der Waals surface area contributed by atoms with Crippen molar-refractivity contribution in [1.82, 2.24) is 0 Å². The predicted molar refractivity (Wildman–Crippen MR) is 89.6 cm³/mol. The molecule has 0 aromatic rings. The van der Waals surface area contributed by atoms with Crippen molar-refractivity contribution < 1.29 is 17.8 Å². The first-order chi connectivity index (χ1) is 9.37. The molecule has 1 unspecified atom stereocenters. The van der Waals surface area contributed by atoms with Gasteiger partial charge in [0.25, 0.3) is 10.1 Å². The van der Waals surface area contributed by atoms with Gasteiger partial charge in [0.15, 0.2) is 0 Å². The van der Waals surface area contributed by atoms with Crippen molar-refractivity contribution in [3.8, 4) is 0 Å². The van der Waals surface area contributed by atoms with E-state index in [-0.39, 0.29) is 35.3 Å². The van der Waals surface area contributed by atoms with Crippen LogP contribution in [0, 0.1) is 5.92 Å². The van der Waals surface area contributed by atoms with Crippen molar-refractivity contribution in [1.29, 1.82) is 0 Å². The van der Waals surface area contributed by atoms with Gasteiger partial charge in [-0.15, -0.1) is 0 Å². The van der Waals surface area contributed by atoms with Crippen LogP contribution in [0.15, 0.2) is 0 Å². The molecular weight excluding hydrogens is 299 g/mol. The van der Waals surface area contributed by atoms with Gasteiger partial charge in [0, 0.05) is 12.3 Å². The Balaban J connectivity index is 0. The van der Waals surface area contributed by atoms with Crippen LogP contribution in [0.4, 0.5) is 0 Å². The first kappa shape index (κ1) is 23.8. The van der Waals surface area contributed by atoms with Gasteiger partial charge >= 0.3 is 29.6 Å². The number of ketones is 1. The second-order valence-corrected chi connectivity index (χ2v) is 7.19. The molecule has 0 aromatic carbocycles. The maximum atomic E-state index is 11.7. The molecule has 0 aromatic heterocycles. The summed E-state index contributed by atoms with van der Waals surface area (Å²) in [5.74, 6) is -1.12. The summed E-state index contributed by atoms with van der Waals surface area (Å²) in [5, 5.41) is 0. The van der Waals surface area contributed by atoms with Gasteiger partial charge in [-0.05, 0) is 6.42 Å². The fourth-order valence-electron chi connectivity index (χ4n) is 2.27. The summed E-state index contributed by atoms with van der Waals surface area (Å²) in [6, 6.07) is 0. The van der Waals surface area contributed by atoms with E-state index in [9.17, 15) is 13.2 Å². The van der Waals surface area contributed by atoms with E-state index in [1.165, 1.54) is 38.5 Å². The maximum absolute atomic E-state index is 11.7. The van der Waals surface area contributed by atoms with E-state index in [2.05, 4.69) is 6.92 Å². The van der Waals surface area contributed by atoms with Crippen molar-refractivity contribution in [2.45, 2.75) is 78.1 Å². The molecule has 4 nitrogen and oxygen atoms in total. The molecule has 6 heteroatoms. The molecule has 0 saturated heterocycles. The molecule has 0 heterocycles. The molecule has 1 atom stereocenters. The summed E-state index contributed by atoms with van der Waals surface area (Å²) in [6.45, 7) is 3.77. The molecule has 0 aliphatic heterocycles. The Bertz CT molecular complexity index is 355. The molecule has 122 valence electrons. The number of rotatable bonds is 13. The van der Waals surface area contributed by atoms with E-state index in [4.69, 9.17) is 4.55 Å². The molecule has 0 spiro atoms. The molecule has 0 radical (unpaired) electrons. The van der Waals surface area contributed by atoms with Gasteiger partial charge in [-0.25, -0.2) is 0 Å². The van der Waals surface area contributed by atoms with Crippen molar-refractivity contribution in [2.24, 2.45) is 5.92 Å². The third-order valence-electron chi connectivity index (χ3n) is 3.54. The normalized spacial score (nSPS) is 12.7. The molecular formula is C15H31NaO4S. The van der Waals surface area contributed by atoms with Gasteiger partial charge in [-0.3, -0.25) is 9.35 Å². The van der Waals surface area contributed by atoms with Crippen LogP contribution >= 0.6 is 0 Å². The molecule has 21 heavy (non-hydrogen) atoms. The van der Waals surface area contributed by atoms with Crippen LogP contribution < -0.4 is 0 Å². The van der Waals surface area contributed by atoms with Gasteiger partial charge in [0.2, 0.25) is 0 Å². The Morgan fingerprint density at radius 1 is 0.952 bits per heavy atom. The van der Waals surface area contributed by atoms with Gasteiger partial charge in [0.05, 0.1) is 5.75 Å². The summed E-state index contributed by atoms with van der Waals surface area (Å²) >= 11 is 0. The number of unbranched alkanes of at least 4 members (excludes halogenated alkanes) is 8. The van der Waals surface area contributed by atoms with Crippen LogP contribution in [0.3, 0.4) is 0 Å². The van der Waals surface area contributed by atoms with Crippen LogP contribution in [0.2, 0.25) is 0 Å². The molecule has 0 saturated carbocycles. The average molecular weight is 330 g/mol. The molecule has 0 aliphatic rings. The monoisotopic (exact) mass is 330 g/mol. The number of hydrogen-bond acceptors (Lipinski definition) is 3. The third-order valence-corrected chi connectivity index (χ3v) is 4.46. The minimum absolute atomic E-state index is 0. The quantitative estimate of drug-likeness (QED) is 0.319. The molecule has 0 amide bonds. The summed E-state index contributed by atoms with van der Waals surface area (Å²) < 4.78 is 30.0. The summed E-state index contributed by atoms with van der Waals surface area (Å²) in [7, 11) is -4.04. The Labute approximate surface area is 152 Å². The first-order valence-corrected chi connectivity index (χ1v) is 9.45. The number of carbonyl (C=O) groups is 1. The van der Waals surface area contributed by atoms with Gasteiger partial charge in [-0.1, -0.05) is 65.2 Å². The Hall–Kier alpha value is 0.580. The topological polar surface area (TPSA) is 71.4 Å². The SMILES string of the molecule is CCCCCCCCCCCC(=O)C(C)CS(=O)(=O)O.[NaH]. The summed E-state index contributed by atoms with van der Waals surface area (Å²) in [4.78, 5) is 11.7. The van der Waals surface area contributed by atoms with E-state index >= 15 is 0 Å². The fraction of sp³-hybridized carbons (Fsp3) is 0.933. The zero-order valence-corrected chi connectivity index (χ0v) is 13.8. The molecule has 1 N–H and O–H groups in total. The van der Waals surface area contributed by atoms with Gasteiger partial charge in [0.1, 0.15) is 5.78 Å². The van der Waals surface area contributed by atoms with E-state index in [0.717, 1.165) is 19.3 Å². The third kappa shape index (κ3) is 16.8. The fourth-order valence-corrected chi connectivity index (χ4v) is 3.08. The second kappa shape index (κ2) is 14.2. The van der Waals surface area contributed by atoms with Crippen molar-refractivity contribution in [3.63, 3.8) is 0 Å². The zero-order valence-electron chi connectivity index (χ0n) is 12.9. The zero-order chi connectivity index (χ0) is 15.4. The number of Topliss-reactive ketones (excluding diaryl/α,β-unsaturated/α-hetero) is 1. The molecule has 0 aliphatic carbocycles. The molecule has 0 fully saturated rings. The molecule has 0 rings (SSSR count). The first-order valence-electron chi connectivity index (χ1n) is 7.84. The van der Waals surface area contributed by atoms with Gasteiger partial charge < -0.3 is 0 Å². The standard InChI is InChI=1S/C15H30O4S.Na.H/c1-3-4-5-6-7-8-9-10-11-12-15(16)14(2)13-20(17,18)19;;/h14H,3-13H2,1-2H3,(H,17,18,19);;. The Kier molecular flexibility index (Phi) is 16.1. The van der Waals surface area contributed by atoms with Crippen LogP contribution in [-0.4, -0.2) is 54.1 Å². The summed E-state index contributed by atoms with van der Waals surface area (Å²) in [5.41, 5.74) is 0. The Morgan fingerprint density at radius 2 is 1.38 bits per heavy atom. The van der Waals surface area contributed by atoms with Crippen LogP contribution in [0.5, 0.6) is 0 Å². The van der Waals surface area contributed by atoms with Crippen molar-refractivity contribution >= 4 is 45.5 Å². The van der Waals surface area contributed by atoms with E-state index in [0.29, 0.717) is 6.42 Å². The van der Waals surface area contributed by atoms with Crippen LogP contribution in [0.25, 0.3) is 0 Å². The van der Waals surface area contributed by atoms with Crippen molar-refractivity contribution in [2.75, 3.05) is 5.75 Å².